The Bertz CT molecular complexity index is 493. The molecule has 0 bridgehead atoms. The van der Waals surface area contributed by atoms with Gasteiger partial charge in [-0.3, -0.25) is 0 Å². The number of nitrogens with one attached hydrogen (secondary N) is 1. The summed E-state index contributed by atoms with van der Waals surface area (Å²) < 4.78 is 10.7. The minimum Gasteiger partial charge on any atom is -0.444 e. The first kappa shape index (κ1) is 16.8. The van der Waals surface area contributed by atoms with E-state index in [1.165, 1.54) is 0 Å². The number of likely N-dealkylation sites (tertiary alicyclic amines) is 1. The van der Waals surface area contributed by atoms with E-state index in [1.807, 2.05) is 38.7 Å². The molecule has 1 unspecified atom stereocenters. The number of aryl methyl sites for hydroxylation is 1. The number of hydrogen-bond acceptors (Lipinski definition) is 5. The van der Waals surface area contributed by atoms with Crippen molar-refractivity contribution in [1.29, 1.82) is 0 Å². The number of rotatable bonds is 4. The third-order valence-corrected chi connectivity index (χ3v) is 3.61. The molecule has 1 atom stereocenters. The molecule has 1 amide bonds. The van der Waals surface area contributed by atoms with Gasteiger partial charge >= 0.3 is 6.09 Å². The minimum absolute atomic E-state index is 0.174. The fourth-order valence-electron chi connectivity index (χ4n) is 2.64. The van der Waals surface area contributed by atoms with Crippen LogP contribution in [0.25, 0.3) is 0 Å². The highest BCUT2D eigenvalue weighted by atomic mass is 16.6. The maximum Gasteiger partial charge on any atom is 0.410 e. The Balaban J connectivity index is 1.85. The van der Waals surface area contributed by atoms with Crippen LogP contribution in [-0.2, 0) is 11.3 Å². The standard InChI is InChI=1S/C16H27N3O3/c1-12-9-14(22-18-12)11-17-10-13-7-5-6-8-19(13)15(20)21-16(2,3)4/h9,13,17H,5-8,10-11H2,1-4H3. The van der Waals surface area contributed by atoms with Gasteiger partial charge in [0.1, 0.15) is 5.60 Å². The zero-order chi connectivity index (χ0) is 16.2. The van der Waals surface area contributed by atoms with Crippen molar-refractivity contribution in [2.24, 2.45) is 0 Å². The number of hydrogen-bond donors (Lipinski definition) is 1. The number of piperidine rings is 1. The Kier molecular flexibility index (Phi) is 5.45. The number of amides is 1. The van der Waals surface area contributed by atoms with Gasteiger partial charge in [-0.25, -0.2) is 4.79 Å². The van der Waals surface area contributed by atoms with Crippen LogP contribution in [0.3, 0.4) is 0 Å². The van der Waals surface area contributed by atoms with Crippen LogP contribution in [0, 0.1) is 6.92 Å². The zero-order valence-corrected chi connectivity index (χ0v) is 14.0. The van der Waals surface area contributed by atoms with Crippen molar-refractivity contribution in [3.63, 3.8) is 0 Å². The van der Waals surface area contributed by atoms with Crippen molar-refractivity contribution in [3.8, 4) is 0 Å². The summed E-state index contributed by atoms with van der Waals surface area (Å²) in [5.74, 6) is 0.817. The Labute approximate surface area is 132 Å². The number of ether oxygens (including phenoxy) is 1. The summed E-state index contributed by atoms with van der Waals surface area (Å²) in [6.45, 7) is 9.72. The van der Waals surface area contributed by atoms with Gasteiger partial charge in [0.2, 0.25) is 0 Å². The van der Waals surface area contributed by atoms with E-state index < -0.39 is 5.60 Å². The van der Waals surface area contributed by atoms with Crippen molar-refractivity contribution < 1.29 is 14.1 Å². The van der Waals surface area contributed by atoms with Gasteiger partial charge < -0.3 is 19.5 Å². The van der Waals surface area contributed by atoms with Crippen molar-refractivity contribution in [1.82, 2.24) is 15.4 Å². The maximum atomic E-state index is 12.3. The fraction of sp³-hybridized carbons (Fsp3) is 0.750. The summed E-state index contributed by atoms with van der Waals surface area (Å²) in [4.78, 5) is 14.2. The van der Waals surface area contributed by atoms with E-state index in [-0.39, 0.29) is 12.1 Å². The first-order valence-corrected chi connectivity index (χ1v) is 7.98. The lowest BCUT2D eigenvalue weighted by atomic mass is 10.0. The lowest BCUT2D eigenvalue weighted by molar-refractivity contribution is 0.00989. The Hall–Kier alpha value is -1.56. The first-order chi connectivity index (χ1) is 10.3. The van der Waals surface area contributed by atoms with Crippen LogP contribution in [0.1, 0.15) is 51.5 Å². The molecule has 6 nitrogen and oxygen atoms in total. The summed E-state index contributed by atoms with van der Waals surface area (Å²) in [5.41, 5.74) is 0.425. The second-order valence-electron chi connectivity index (χ2n) is 6.89. The summed E-state index contributed by atoms with van der Waals surface area (Å²) in [6, 6.07) is 2.09. The third-order valence-electron chi connectivity index (χ3n) is 3.61. The molecule has 22 heavy (non-hydrogen) atoms. The molecule has 2 heterocycles. The van der Waals surface area contributed by atoms with Gasteiger partial charge in [-0.15, -0.1) is 0 Å². The second-order valence-corrected chi connectivity index (χ2v) is 6.89. The minimum atomic E-state index is -0.454. The Morgan fingerprint density at radius 1 is 1.50 bits per heavy atom. The maximum absolute atomic E-state index is 12.3. The van der Waals surface area contributed by atoms with Gasteiger partial charge in [-0.05, 0) is 47.0 Å². The fourth-order valence-corrected chi connectivity index (χ4v) is 2.64. The van der Waals surface area contributed by atoms with Crippen LogP contribution in [-0.4, -0.2) is 40.9 Å². The van der Waals surface area contributed by atoms with Gasteiger partial charge in [0.15, 0.2) is 5.76 Å². The third kappa shape index (κ3) is 5.02. The van der Waals surface area contributed by atoms with E-state index in [0.29, 0.717) is 6.54 Å². The van der Waals surface area contributed by atoms with Crippen molar-refractivity contribution in [3.05, 3.63) is 17.5 Å². The summed E-state index contributed by atoms with van der Waals surface area (Å²) >= 11 is 0. The quantitative estimate of drug-likeness (QED) is 0.926. The zero-order valence-electron chi connectivity index (χ0n) is 14.0. The molecule has 1 fully saturated rings. The van der Waals surface area contributed by atoms with Gasteiger partial charge in [-0.2, -0.15) is 0 Å². The molecule has 1 aliphatic heterocycles. The van der Waals surface area contributed by atoms with Crippen LogP contribution < -0.4 is 5.32 Å². The highest BCUT2D eigenvalue weighted by molar-refractivity contribution is 5.68. The van der Waals surface area contributed by atoms with Crippen molar-refractivity contribution >= 4 is 6.09 Å². The monoisotopic (exact) mass is 309 g/mol. The van der Waals surface area contributed by atoms with Crippen LogP contribution in [0.5, 0.6) is 0 Å². The Morgan fingerprint density at radius 3 is 2.91 bits per heavy atom. The number of carbonyl (C=O) groups is 1. The topological polar surface area (TPSA) is 67.6 Å². The molecule has 1 N–H and O–H groups in total. The van der Waals surface area contributed by atoms with Crippen LogP contribution in [0.15, 0.2) is 10.6 Å². The number of carbonyl (C=O) groups excluding carboxylic acids is 1. The van der Waals surface area contributed by atoms with Gasteiger partial charge in [-0.1, -0.05) is 5.16 Å². The molecule has 0 aromatic carbocycles. The molecule has 1 aliphatic rings. The number of nitrogens with zero attached hydrogens (tertiary/aromatic N) is 2. The first-order valence-electron chi connectivity index (χ1n) is 7.98. The van der Waals surface area contributed by atoms with Gasteiger partial charge in [0, 0.05) is 25.2 Å². The van der Waals surface area contributed by atoms with E-state index in [2.05, 4.69) is 10.5 Å². The van der Waals surface area contributed by atoms with Crippen LogP contribution in [0.2, 0.25) is 0 Å². The molecule has 1 aromatic heterocycles. The van der Waals surface area contributed by atoms with Crippen LogP contribution in [0.4, 0.5) is 4.79 Å². The molecule has 1 saturated heterocycles. The molecule has 0 aliphatic carbocycles. The summed E-state index contributed by atoms with van der Waals surface area (Å²) in [7, 11) is 0. The predicted molar refractivity (Wildman–Crippen MR) is 83.5 cm³/mol. The highest BCUT2D eigenvalue weighted by Crippen LogP contribution is 2.20. The average Bonchev–Trinajstić information content (AvgIpc) is 2.83. The average molecular weight is 309 g/mol. The highest BCUT2D eigenvalue weighted by Gasteiger charge is 2.30. The lowest BCUT2D eigenvalue weighted by Crippen LogP contribution is -2.50. The largest absolute Gasteiger partial charge is 0.444 e. The molecular formula is C16H27N3O3. The molecule has 1 aromatic rings. The smallest absolute Gasteiger partial charge is 0.410 e. The molecule has 2 rings (SSSR count). The molecule has 6 heteroatoms. The van der Waals surface area contributed by atoms with E-state index in [1.54, 1.807) is 0 Å². The summed E-state index contributed by atoms with van der Waals surface area (Å²) in [6.07, 6.45) is 2.97. The van der Waals surface area contributed by atoms with Crippen LogP contribution >= 0.6 is 0 Å². The van der Waals surface area contributed by atoms with E-state index >= 15 is 0 Å². The van der Waals surface area contributed by atoms with Gasteiger partial charge in [0.05, 0.1) is 12.2 Å². The number of aromatic nitrogens is 1. The molecule has 124 valence electrons. The van der Waals surface area contributed by atoms with Crippen molar-refractivity contribution in [2.75, 3.05) is 13.1 Å². The summed E-state index contributed by atoms with van der Waals surface area (Å²) in [5, 5.41) is 7.22. The molecular weight excluding hydrogens is 282 g/mol. The lowest BCUT2D eigenvalue weighted by Gasteiger charge is -2.36. The van der Waals surface area contributed by atoms with Crippen molar-refractivity contribution in [2.45, 2.75) is 65.1 Å². The van der Waals surface area contributed by atoms with Gasteiger partial charge in [0.25, 0.3) is 0 Å². The molecule has 0 radical (unpaired) electrons. The molecule has 0 spiro atoms. The normalized spacial score (nSPS) is 19.3. The predicted octanol–water partition coefficient (Wildman–Crippen LogP) is 2.86. The van der Waals surface area contributed by atoms with E-state index in [0.717, 1.165) is 43.8 Å². The molecule has 0 saturated carbocycles. The van der Waals surface area contributed by atoms with E-state index in [9.17, 15) is 4.79 Å². The van der Waals surface area contributed by atoms with E-state index in [4.69, 9.17) is 9.26 Å². The Morgan fingerprint density at radius 2 is 2.27 bits per heavy atom. The SMILES string of the molecule is Cc1cc(CNCC2CCCCN2C(=O)OC(C)(C)C)on1. The second kappa shape index (κ2) is 7.13.